The van der Waals surface area contributed by atoms with E-state index >= 15 is 0 Å². The van der Waals surface area contributed by atoms with Gasteiger partial charge in [-0.25, -0.2) is 4.39 Å². The predicted molar refractivity (Wildman–Crippen MR) is 63.9 cm³/mol. The van der Waals surface area contributed by atoms with Crippen LogP contribution in [0.2, 0.25) is 0 Å². The Hall–Kier alpha value is -1.14. The van der Waals surface area contributed by atoms with Gasteiger partial charge in [0.2, 0.25) is 0 Å². The van der Waals surface area contributed by atoms with Crippen LogP contribution in [0.3, 0.4) is 0 Å². The van der Waals surface area contributed by atoms with Gasteiger partial charge in [0, 0.05) is 18.2 Å². The molecule has 0 aliphatic carbocycles. The van der Waals surface area contributed by atoms with Crippen molar-refractivity contribution in [2.45, 2.75) is 18.6 Å². The fourth-order valence-corrected chi connectivity index (χ4v) is 2.62. The second-order valence-electron chi connectivity index (χ2n) is 5.03. The highest BCUT2D eigenvalue weighted by Gasteiger charge is 2.35. The van der Waals surface area contributed by atoms with E-state index in [-0.39, 0.29) is 17.5 Å². The van der Waals surface area contributed by atoms with Crippen LogP contribution in [0.1, 0.15) is 23.6 Å². The van der Waals surface area contributed by atoms with Crippen LogP contribution in [-0.4, -0.2) is 25.0 Å². The van der Waals surface area contributed by atoms with Crippen LogP contribution >= 0.6 is 0 Å². The van der Waals surface area contributed by atoms with Crippen molar-refractivity contribution in [2.24, 2.45) is 11.7 Å². The number of likely N-dealkylation sites (tertiary alicyclic amines) is 1. The maximum Gasteiger partial charge on any atom is 0.416 e. The van der Waals surface area contributed by atoms with Crippen molar-refractivity contribution in [2.75, 3.05) is 20.1 Å². The molecule has 0 aromatic heterocycles. The van der Waals surface area contributed by atoms with E-state index < -0.39 is 17.6 Å². The summed E-state index contributed by atoms with van der Waals surface area (Å²) < 4.78 is 51.8. The van der Waals surface area contributed by atoms with Crippen molar-refractivity contribution in [3.8, 4) is 0 Å². The number of alkyl halides is 3. The summed E-state index contributed by atoms with van der Waals surface area (Å²) in [5, 5.41) is 0. The fourth-order valence-electron chi connectivity index (χ4n) is 2.62. The predicted octanol–water partition coefficient (Wildman–Crippen LogP) is 2.80. The van der Waals surface area contributed by atoms with Gasteiger partial charge in [0.1, 0.15) is 5.82 Å². The molecule has 2 atom stereocenters. The number of hydrogen-bond acceptors (Lipinski definition) is 2. The van der Waals surface area contributed by atoms with E-state index in [2.05, 4.69) is 0 Å². The second kappa shape index (κ2) is 5.09. The Balaban J connectivity index is 2.34. The van der Waals surface area contributed by atoms with E-state index in [1.165, 1.54) is 0 Å². The summed E-state index contributed by atoms with van der Waals surface area (Å²) in [4.78, 5) is 1.86. The quantitative estimate of drug-likeness (QED) is 0.842. The molecule has 2 nitrogen and oxygen atoms in total. The van der Waals surface area contributed by atoms with Crippen LogP contribution < -0.4 is 5.73 Å². The Morgan fingerprint density at radius 1 is 1.37 bits per heavy atom. The lowest BCUT2D eigenvalue weighted by Gasteiger charge is -2.21. The van der Waals surface area contributed by atoms with Gasteiger partial charge < -0.3 is 5.73 Å². The smallest absolute Gasteiger partial charge is 0.330 e. The molecule has 2 rings (SSSR count). The lowest BCUT2D eigenvalue weighted by molar-refractivity contribution is -0.137. The second-order valence-corrected chi connectivity index (χ2v) is 5.03. The van der Waals surface area contributed by atoms with Crippen LogP contribution in [0, 0.1) is 11.7 Å². The lowest BCUT2D eigenvalue weighted by Crippen LogP contribution is -2.21. The molecular formula is C13H16F4N2. The summed E-state index contributed by atoms with van der Waals surface area (Å²) in [6.07, 6.45) is -3.86. The third kappa shape index (κ3) is 2.90. The van der Waals surface area contributed by atoms with E-state index in [0.717, 1.165) is 18.2 Å². The van der Waals surface area contributed by atoms with Gasteiger partial charge in [-0.15, -0.1) is 0 Å². The van der Waals surface area contributed by atoms with Crippen molar-refractivity contribution in [1.29, 1.82) is 0 Å². The van der Waals surface area contributed by atoms with Crippen molar-refractivity contribution in [3.63, 3.8) is 0 Å². The van der Waals surface area contributed by atoms with Crippen LogP contribution in [0.15, 0.2) is 18.2 Å². The van der Waals surface area contributed by atoms with Crippen LogP contribution in [0.25, 0.3) is 0 Å². The number of nitrogens with two attached hydrogens (primary N) is 1. The number of nitrogens with zero attached hydrogens (tertiary/aromatic N) is 1. The molecule has 0 bridgehead atoms. The minimum absolute atomic E-state index is 0.105. The van der Waals surface area contributed by atoms with E-state index in [4.69, 9.17) is 5.73 Å². The summed E-state index contributed by atoms with van der Waals surface area (Å²) in [6.45, 7) is 1.14. The monoisotopic (exact) mass is 276 g/mol. The standard InChI is InChI=1S/C13H16F4N2/c1-19-7-8(6-18)4-12(19)10-5-9(13(15,16)17)2-3-11(10)14/h2-3,5,8,12H,4,6-7,18H2,1H3. The average molecular weight is 276 g/mol. The van der Waals surface area contributed by atoms with Gasteiger partial charge in [0.25, 0.3) is 0 Å². The highest BCUT2D eigenvalue weighted by molar-refractivity contribution is 5.30. The molecule has 1 heterocycles. The number of hydrogen-bond donors (Lipinski definition) is 1. The molecule has 1 aromatic carbocycles. The number of rotatable bonds is 2. The Labute approximate surface area is 109 Å². The SMILES string of the molecule is CN1CC(CN)CC1c1cc(C(F)(F)F)ccc1F. The first-order chi connectivity index (χ1) is 8.82. The number of benzene rings is 1. The van der Waals surface area contributed by atoms with Crippen LogP contribution in [-0.2, 0) is 6.18 Å². The molecule has 0 spiro atoms. The molecular weight excluding hydrogens is 260 g/mol. The molecule has 1 aliphatic heterocycles. The Bertz CT molecular complexity index is 458. The Morgan fingerprint density at radius 2 is 2.05 bits per heavy atom. The summed E-state index contributed by atoms with van der Waals surface area (Å²) in [5.41, 5.74) is 4.87. The topological polar surface area (TPSA) is 29.3 Å². The zero-order chi connectivity index (χ0) is 14.2. The first-order valence-electron chi connectivity index (χ1n) is 6.10. The molecule has 0 amide bonds. The molecule has 1 aromatic rings. The molecule has 2 unspecified atom stereocenters. The molecule has 106 valence electrons. The maximum atomic E-state index is 13.8. The van der Waals surface area contributed by atoms with Crippen molar-refractivity contribution < 1.29 is 17.6 Å². The van der Waals surface area contributed by atoms with E-state index in [9.17, 15) is 17.6 Å². The first kappa shape index (κ1) is 14.3. The zero-order valence-electron chi connectivity index (χ0n) is 10.5. The summed E-state index contributed by atoms with van der Waals surface area (Å²) in [6, 6.07) is 2.24. The first-order valence-corrected chi connectivity index (χ1v) is 6.10. The Kier molecular flexibility index (Phi) is 3.82. The highest BCUT2D eigenvalue weighted by atomic mass is 19.4. The summed E-state index contributed by atoms with van der Waals surface area (Å²) in [7, 11) is 1.78. The van der Waals surface area contributed by atoms with Crippen molar-refractivity contribution in [3.05, 3.63) is 35.1 Å². The molecule has 19 heavy (non-hydrogen) atoms. The normalized spacial score (nSPS) is 24.9. The molecule has 1 fully saturated rings. The fraction of sp³-hybridized carbons (Fsp3) is 0.538. The van der Waals surface area contributed by atoms with Crippen molar-refractivity contribution in [1.82, 2.24) is 4.90 Å². The van der Waals surface area contributed by atoms with Crippen LogP contribution in [0.5, 0.6) is 0 Å². The summed E-state index contributed by atoms with van der Waals surface area (Å²) in [5.74, 6) is -0.397. The van der Waals surface area contributed by atoms with Gasteiger partial charge in [-0.3, -0.25) is 4.90 Å². The minimum Gasteiger partial charge on any atom is -0.330 e. The van der Waals surface area contributed by atoms with Gasteiger partial charge in [-0.2, -0.15) is 13.2 Å². The van der Waals surface area contributed by atoms with Gasteiger partial charge in [0.15, 0.2) is 0 Å². The lowest BCUT2D eigenvalue weighted by atomic mass is 9.97. The minimum atomic E-state index is -4.45. The third-order valence-electron chi connectivity index (χ3n) is 3.65. The van der Waals surface area contributed by atoms with E-state index in [1.807, 2.05) is 4.90 Å². The van der Waals surface area contributed by atoms with Crippen LogP contribution in [0.4, 0.5) is 17.6 Å². The molecule has 0 radical (unpaired) electrons. The molecule has 2 N–H and O–H groups in total. The summed E-state index contributed by atoms with van der Waals surface area (Å²) >= 11 is 0. The molecule has 0 saturated carbocycles. The highest BCUT2D eigenvalue weighted by Crippen LogP contribution is 2.38. The maximum absolute atomic E-state index is 13.8. The number of halogens is 4. The van der Waals surface area contributed by atoms with Crippen molar-refractivity contribution >= 4 is 0 Å². The zero-order valence-corrected chi connectivity index (χ0v) is 10.5. The molecule has 6 heteroatoms. The largest absolute Gasteiger partial charge is 0.416 e. The van der Waals surface area contributed by atoms with E-state index in [1.54, 1.807) is 7.05 Å². The molecule has 1 aliphatic rings. The Morgan fingerprint density at radius 3 is 2.58 bits per heavy atom. The van der Waals surface area contributed by atoms with Gasteiger partial charge >= 0.3 is 6.18 Å². The molecule has 1 saturated heterocycles. The van der Waals surface area contributed by atoms with Gasteiger partial charge in [0.05, 0.1) is 5.56 Å². The van der Waals surface area contributed by atoms with E-state index in [0.29, 0.717) is 19.5 Å². The van der Waals surface area contributed by atoms with Gasteiger partial charge in [-0.1, -0.05) is 0 Å². The third-order valence-corrected chi connectivity index (χ3v) is 3.65. The van der Waals surface area contributed by atoms with Gasteiger partial charge in [-0.05, 0) is 44.1 Å². The average Bonchev–Trinajstić information content (AvgIpc) is 2.69.